The second kappa shape index (κ2) is 6.70. The van der Waals surface area contributed by atoms with Crippen LogP contribution in [-0.4, -0.2) is 26.0 Å². The molecule has 3 heteroatoms. The minimum Gasteiger partial charge on any atom is -0.378 e. The number of hydrogen-bond acceptors (Lipinski definition) is 2. The Morgan fingerprint density at radius 3 is 2.78 bits per heavy atom. The fraction of sp³-hybridized carbons (Fsp3) is 0.400. The Morgan fingerprint density at radius 2 is 2.22 bits per heavy atom. The van der Waals surface area contributed by atoms with Crippen molar-refractivity contribution in [3.63, 3.8) is 0 Å². The molecule has 0 saturated heterocycles. The highest BCUT2D eigenvalue weighted by Crippen LogP contribution is 2.13. The second-order valence-electron chi connectivity index (χ2n) is 4.43. The van der Waals surface area contributed by atoms with Gasteiger partial charge in [-0.2, -0.15) is 0 Å². The Balaban J connectivity index is 2.78. The molecule has 0 radical (unpaired) electrons. The lowest BCUT2D eigenvalue weighted by atomic mass is 10.1. The lowest BCUT2D eigenvalue weighted by molar-refractivity contribution is 0.0944. The van der Waals surface area contributed by atoms with Crippen molar-refractivity contribution in [3.8, 4) is 12.3 Å². The number of nitrogens with zero attached hydrogens (tertiary/aromatic N) is 1. The molecule has 0 aliphatic carbocycles. The first-order valence-corrected chi connectivity index (χ1v) is 6.12. The van der Waals surface area contributed by atoms with Crippen LogP contribution < -0.4 is 10.2 Å². The molecule has 3 nitrogen and oxygen atoms in total. The third-order valence-corrected chi connectivity index (χ3v) is 2.71. The van der Waals surface area contributed by atoms with Gasteiger partial charge in [-0.05, 0) is 24.6 Å². The summed E-state index contributed by atoms with van der Waals surface area (Å²) in [5, 5.41) is 2.86. The van der Waals surface area contributed by atoms with Crippen LogP contribution in [0.25, 0.3) is 0 Å². The lowest BCUT2D eigenvalue weighted by Crippen LogP contribution is -2.33. The zero-order chi connectivity index (χ0) is 13.5. The predicted octanol–water partition coefficient (Wildman–Crippen LogP) is 2.28. The highest BCUT2D eigenvalue weighted by molar-refractivity contribution is 5.95. The number of terminal acetylenes is 1. The van der Waals surface area contributed by atoms with E-state index in [1.165, 1.54) is 0 Å². The molecule has 1 N–H and O–H groups in total. The molecule has 0 aliphatic rings. The smallest absolute Gasteiger partial charge is 0.252 e. The first-order chi connectivity index (χ1) is 8.58. The van der Waals surface area contributed by atoms with Crippen LogP contribution in [0.15, 0.2) is 24.3 Å². The Morgan fingerprint density at radius 1 is 1.50 bits per heavy atom. The fourth-order valence-corrected chi connectivity index (χ4v) is 1.65. The molecule has 1 rings (SSSR count). The van der Waals surface area contributed by atoms with Crippen molar-refractivity contribution in [1.29, 1.82) is 0 Å². The molecular formula is C15H20N2O. The summed E-state index contributed by atoms with van der Waals surface area (Å²) in [4.78, 5) is 14.0. The molecule has 0 aromatic heterocycles. The van der Waals surface area contributed by atoms with Gasteiger partial charge in [0.25, 0.3) is 5.91 Å². The van der Waals surface area contributed by atoms with Crippen LogP contribution in [0.1, 0.15) is 30.1 Å². The number of hydrogen-bond donors (Lipinski definition) is 1. The number of carbonyl (C=O) groups excluding carboxylic acids is 1. The molecule has 0 fully saturated rings. The van der Waals surface area contributed by atoms with E-state index in [1.54, 1.807) is 6.07 Å². The van der Waals surface area contributed by atoms with Gasteiger partial charge in [-0.1, -0.05) is 25.3 Å². The molecule has 0 aliphatic heterocycles. The Bertz CT molecular complexity index is 446. The summed E-state index contributed by atoms with van der Waals surface area (Å²) < 4.78 is 0. The summed E-state index contributed by atoms with van der Waals surface area (Å²) in [5.41, 5.74) is 1.63. The molecule has 0 saturated carbocycles. The molecule has 96 valence electrons. The van der Waals surface area contributed by atoms with Crippen molar-refractivity contribution in [1.82, 2.24) is 5.32 Å². The molecule has 0 spiro atoms. The van der Waals surface area contributed by atoms with Crippen LogP contribution in [0.2, 0.25) is 0 Å². The maximum absolute atomic E-state index is 12.0. The van der Waals surface area contributed by atoms with Crippen molar-refractivity contribution < 1.29 is 4.79 Å². The first-order valence-electron chi connectivity index (χ1n) is 6.12. The number of anilines is 1. The Kier molecular flexibility index (Phi) is 5.26. The molecule has 1 aromatic carbocycles. The third-order valence-electron chi connectivity index (χ3n) is 2.71. The van der Waals surface area contributed by atoms with Gasteiger partial charge in [-0.15, -0.1) is 6.42 Å². The van der Waals surface area contributed by atoms with E-state index in [9.17, 15) is 4.79 Å². The van der Waals surface area contributed by atoms with Gasteiger partial charge in [-0.3, -0.25) is 4.79 Å². The third kappa shape index (κ3) is 3.81. The zero-order valence-corrected chi connectivity index (χ0v) is 11.2. The van der Waals surface area contributed by atoms with E-state index in [1.807, 2.05) is 44.1 Å². The van der Waals surface area contributed by atoms with Gasteiger partial charge in [0, 0.05) is 25.3 Å². The molecule has 1 unspecified atom stereocenters. The van der Waals surface area contributed by atoms with Crippen molar-refractivity contribution >= 4 is 11.6 Å². The number of nitrogens with one attached hydrogen (secondary N) is 1. The normalized spacial score (nSPS) is 11.4. The van der Waals surface area contributed by atoms with E-state index < -0.39 is 0 Å². The van der Waals surface area contributed by atoms with E-state index in [4.69, 9.17) is 6.42 Å². The van der Waals surface area contributed by atoms with E-state index in [0.717, 1.165) is 18.5 Å². The predicted molar refractivity (Wildman–Crippen MR) is 75.8 cm³/mol. The number of benzene rings is 1. The lowest BCUT2D eigenvalue weighted by Gasteiger charge is -2.15. The molecular weight excluding hydrogens is 224 g/mol. The van der Waals surface area contributed by atoms with Gasteiger partial charge >= 0.3 is 0 Å². The van der Waals surface area contributed by atoms with E-state index in [2.05, 4.69) is 11.2 Å². The SMILES string of the molecule is C#CC(CCC)NC(=O)c1cccc(N(C)C)c1. The topological polar surface area (TPSA) is 32.3 Å². The largest absolute Gasteiger partial charge is 0.378 e. The Hall–Kier alpha value is -1.95. The van der Waals surface area contributed by atoms with Crippen molar-refractivity contribution in [2.75, 3.05) is 19.0 Å². The van der Waals surface area contributed by atoms with Crippen molar-refractivity contribution in [2.45, 2.75) is 25.8 Å². The summed E-state index contributed by atoms with van der Waals surface area (Å²) in [7, 11) is 3.89. The molecule has 1 amide bonds. The minimum absolute atomic E-state index is 0.116. The summed E-state index contributed by atoms with van der Waals surface area (Å²) in [5.74, 6) is 2.48. The summed E-state index contributed by atoms with van der Waals surface area (Å²) in [6.45, 7) is 2.04. The fourth-order valence-electron chi connectivity index (χ4n) is 1.65. The molecule has 1 atom stereocenters. The van der Waals surface area contributed by atoms with Gasteiger partial charge in [0.2, 0.25) is 0 Å². The van der Waals surface area contributed by atoms with E-state index in [-0.39, 0.29) is 11.9 Å². The second-order valence-corrected chi connectivity index (χ2v) is 4.43. The van der Waals surface area contributed by atoms with Gasteiger partial charge in [0.05, 0.1) is 6.04 Å². The molecule has 1 aromatic rings. The molecule has 0 heterocycles. The van der Waals surface area contributed by atoms with Gasteiger partial charge < -0.3 is 10.2 Å². The standard InChI is InChI=1S/C15H20N2O/c1-5-8-13(6-2)16-15(18)12-9-7-10-14(11-12)17(3)4/h2,7,9-11,13H,5,8H2,1,3-4H3,(H,16,18). The van der Waals surface area contributed by atoms with Crippen LogP contribution in [0.5, 0.6) is 0 Å². The van der Waals surface area contributed by atoms with Crippen molar-refractivity contribution in [2.24, 2.45) is 0 Å². The number of amides is 1. The van der Waals surface area contributed by atoms with Gasteiger partial charge in [0.15, 0.2) is 0 Å². The van der Waals surface area contributed by atoms with Crippen LogP contribution >= 0.6 is 0 Å². The van der Waals surface area contributed by atoms with Crippen LogP contribution in [0, 0.1) is 12.3 Å². The van der Waals surface area contributed by atoms with Crippen LogP contribution in [0.4, 0.5) is 5.69 Å². The quantitative estimate of drug-likeness (QED) is 0.806. The maximum atomic E-state index is 12.0. The van der Waals surface area contributed by atoms with Crippen LogP contribution in [0.3, 0.4) is 0 Å². The number of carbonyl (C=O) groups is 1. The minimum atomic E-state index is -0.189. The number of rotatable bonds is 5. The summed E-state index contributed by atoms with van der Waals surface area (Å²) >= 11 is 0. The van der Waals surface area contributed by atoms with Crippen molar-refractivity contribution in [3.05, 3.63) is 29.8 Å². The molecule has 18 heavy (non-hydrogen) atoms. The average molecular weight is 244 g/mol. The highest BCUT2D eigenvalue weighted by Gasteiger charge is 2.11. The van der Waals surface area contributed by atoms with Crippen LogP contribution in [-0.2, 0) is 0 Å². The van der Waals surface area contributed by atoms with E-state index in [0.29, 0.717) is 5.56 Å². The zero-order valence-electron chi connectivity index (χ0n) is 11.2. The monoisotopic (exact) mass is 244 g/mol. The highest BCUT2D eigenvalue weighted by atomic mass is 16.1. The van der Waals surface area contributed by atoms with E-state index >= 15 is 0 Å². The summed E-state index contributed by atoms with van der Waals surface area (Å²) in [6.07, 6.45) is 7.14. The average Bonchev–Trinajstić information content (AvgIpc) is 2.38. The van der Waals surface area contributed by atoms with Gasteiger partial charge in [-0.25, -0.2) is 0 Å². The Labute approximate surface area is 109 Å². The summed E-state index contributed by atoms with van der Waals surface area (Å²) in [6, 6.07) is 7.29. The van der Waals surface area contributed by atoms with Gasteiger partial charge in [0.1, 0.15) is 0 Å². The first kappa shape index (κ1) is 14.1. The molecule has 0 bridgehead atoms. The maximum Gasteiger partial charge on any atom is 0.252 e.